The van der Waals surface area contributed by atoms with Gasteiger partial charge in [0.2, 0.25) is 0 Å². The lowest BCUT2D eigenvalue weighted by Gasteiger charge is -2.16. The minimum Gasteiger partial charge on any atom is -0.478 e. The van der Waals surface area contributed by atoms with Crippen molar-refractivity contribution in [1.29, 1.82) is 0 Å². The fourth-order valence-electron chi connectivity index (χ4n) is 2.05. The summed E-state index contributed by atoms with van der Waals surface area (Å²) >= 11 is 0. The van der Waals surface area contributed by atoms with Gasteiger partial charge < -0.3 is 20.1 Å². The van der Waals surface area contributed by atoms with Gasteiger partial charge in [0, 0.05) is 12.3 Å². The van der Waals surface area contributed by atoms with Crippen molar-refractivity contribution >= 4 is 12.0 Å². The first-order valence-corrected chi connectivity index (χ1v) is 6.20. The van der Waals surface area contributed by atoms with Crippen LogP contribution in [-0.4, -0.2) is 55.8 Å². The van der Waals surface area contributed by atoms with Crippen LogP contribution in [-0.2, 0) is 9.53 Å². The molecule has 0 spiro atoms. The lowest BCUT2D eigenvalue weighted by atomic mass is 10.1. The molecule has 4 N–H and O–H groups in total. The second-order valence-electron chi connectivity index (χ2n) is 4.61. The third kappa shape index (κ3) is 2.98. The zero-order valence-corrected chi connectivity index (χ0v) is 11.0. The number of ether oxygens (including phenoxy) is 1. The molecule has 4 atom stereocenters. The van der Waals surface area contributed by atoms with Gasteiger partial charge in [0.1, 0.15) is 12.2 Å². The molecule has 1 saturated heterocycles. The van der Waals surface area contributed by atoms with Crippen molar-refractivity contribution < 1.29 is 29.2 Å². The van der Waals surface area contributed by atoms with Gasteiger partial charge in [-0.2, -0.15) is 0 Å². The van der Waals surface area contributed by atoms with E-state index in [9.17, 15) is 23.9 Å². The van der Waals surface area contributed by atoms with E-state index in [1.165, 1.54) is 0 Å². The van der Waals surface area contributed by atoms with Crippen LogP contribution in [0.3, 0.4) is 0 Å². The Morgan fingerprint density at radius 2 is 2.18 bits per heavy atom. The van der Waals surface area contributed by atoms with E-state index in [4.69, 9.17) is 14.9 Å². The number of aromatic amines is 1. The quantitative estimate of drug-likeness (QED) is 0.481. The highest BCUT2D eigenvalue weighted by Gasteiger charge is 2.45. The molecule has 1 aromatic heterocycles. The molecule has 2 unspecified atom stereocenters. The first-order chi connectivity index (χ1) is 10.3. The van der Waals surface area contributed by atoms with Crippen LogP contribution < -0.4 is 11.2 Å². The summed E-state index contributed by atoms with van der Waals surface area (Å²) in [5.41, 5.74) is -2.05. The molecular weight excluding hydrogens is 303 g/mol. The van der Waals surface area contributed by atoms with E-state index >= 15 is 0 Å². The third-order valence-corrected chi connectivity index (χ3v) is 3.15. The number of nitrogens with zero attached hydrogens (tertiary/aromatic N) is 1. The number of halogens is 1. The van der Waals surface area contributed by atoms with Crippen molar-refractivity contribution in [3.05, 3.63) is 38.7 Å². The number of aromatic nitrogens is 2. The Balaban J connectivity index is 2.44. The fourth-order valence-corrected chi connectivity index (χ4v) is 2.05. The number of carboxylic acid groups (broad SMARTS) is 1. The molecule has 2 rings (SSSR count). The van der Waals surface area contributed by atoms with Gasteiger partial charge in [0.15, 0.2) is 12.4 Å². The van der Waals surface area contributed by atoms with Crippen LogP contribution in [0.1, 0.15) is 11.8 Å². The van der Waals surface area contributed by atoms with E-state index in [0.717, 1.165) is 12.3 Å². The Labute approximate surface area is 121 Å². The lowest BCUT2D eigenvalue weighted by Crippen LogP contribution is -2.36. The van der Waals surface area contributed by atoms with Crippen LogP contribution >= 0.6 is 0 Å². The van der Waals surface area contributed by atoms with Crippen molar-refractivity contribution in [3.63, 3.8) is 0 Å². The summed E-state index contributed by atoms with van der Waals surface area (Å²) in [4.78, 5) is 35.6. The summed E-state index contributed by atoms with van der Waals surface area (Å²) in [6.45, 7) is -0.651. The average molecular weight is 316 g/mol. The highest BCUT2D eigenvalue weighted by Crippen LogP contribution is 2.30. The Morgan fingerprint density at radius 1 is 1.50 bits per heavy atom. The van der Waals surface area contributed by atoms with Gasteiger partial charge in [-0.25, -0.2) is 14.0 Å². The molecule has 0 aromatic carbocycles. The van der Waals surface area contributed by atoms with Crippen LogP contribution in [0.4, 0.5) is 4.39 Å². The first-order valence-electron chi connectivity index (χ1n) is 6.20. The Morgan fingerprint density at radius 3 is 2.73 bits per heavy atom. The van der Waals surface area contributed by atoms with Gasteiger partial charge in [-0.15, -0.1) is 0 Å². The predicted molar refractivity (Wildman–Crippen MR) is 69.9 cm³/mol. The van der Waals surface area contributed by atoms with Gasteiger partial charge in [-0.3, -0.25) is 14.3 Å². The molecule has 0 saturated carbocycles. The molecule has 0 bridgehead atoms. The van der Waals surface area contributed by atoms with E-state index < -0.39 is 48.4 Å². The second-order valence-corrected chi connectivity index (χ2v) is 4.61. The van der Waals surface area contributed by atoms with Gasteiger partial charge in [0.05, 0.1) is 12.2 Å². The molecular formula is C12H13FN2O7. The van der Waals surface area contributed by atoms with E-state index in [-0.39, 0.29) is 5.56 Å². The minimum atomic E-state index is -2.00. The highest BCUT2D eigenvalue weighted by atomic mass is 19.1. The van der Waals surface area contributed by atoms with Crippen LogP contribution in [0.15, 0.2) is 21.9 Å². The van der Waals surface area contributed by atoms with Gasteiger partial charge in [0.25, 0.3) is 5.56 Å². The molecule has 0 aliphatic carbocycles. The van der Waals surface area contributed by atoms with Crippen molar-refractivity contribution in [2.75, 3.05) is 6.61 Å². The summed E-state index contributed by atoms with van der Waals surface area (Å²) in [7, 11) is 0. The minimum absolute atomic E-state index is 0.209. The number of aliphatic hydroxyl groups is 2. The Kier molecular flexibility index (Phi) is 4.54. The Bertz CT molecular complexity index is 710. The molecule has 2 heterocycles. The molecule has 10 heteroatoms. The SMILES string of the molecule is O=C(O)C=Cc1cn([C@H]2O[C@@H](CO)C(O)C2F)c(=O)[nH]c1=O. The number of aliphatic carboxylic acids is 1. The van der Waals surface area contributed by atoms with Crippen LogP contribution in [0.25, 0.3) is 6.08 Å². The van der Waals surface area contributed by atoms with Crippen LogP contribution in [0.5, 0.6) is 0 Å². The van der Waals surface area contributed by atoms with Gasteiger partial charge >= 0.3 is 11.7 Å². The summed E-state index contributed by atoms with van der Waals surface area (Å²) in [5.74, 6) is -1.31. The zero-order valence-electron chi connectivity index (χ0n) is 11.0. The summed E-state index contributed by atoms with van der Waals surface area (Å²) < 4.78 is 19.7. The zero-order chi connectivity index (χ0) is 16.4. The summed E-state index contributed by atoms with van der Waals surface area (Å²) in [5, 5.41) is 27.0. The molecule has 120 valence electrons. The number of alkyl halides is 1. The summed E-state index contributed by atoms with van der Waals surface area (Å²) in [6, 6.07) is 0. The second kappa shape index (κ2) is 6.22. The van der Waals surface area contributed by atoms with E-state index in [1.54, 1.807) is 0 Å². The summed E-state index contributed by atoms with van der Waals surface area (Å²) in [6.07, 6.45) is -3.87. The first kappa shape index (κ1) is 16.1. The average Bonchev–Trinajstić information content (AvgIpc) is 2.74. The number of carbonyl (C=O) groups is 1. The number of H-pyrrole nitrogens is 1. The number of rotatable bonds is 4. The lowest BCUT2D eigenvalue weighted by molar-refractivity contribution is -0.131. The molecule has 0 radical (unpaired) electrons. The molecule has 22 heavy (non-hydrogen) atoms. The standard InChI is InChI=1S/C12H13FN2O7/c13-8-9(19)6(4-16)22-11(8)15-3-5(1-2-7(17)18)10(20)14-12(15)21/h1-3,6,8-9,11,16,19H,4H2,(H,17,18)(H,14,20,21)/t6-,8?,9?,11-/m0/s1. The maximum Gasteiger partial charge on any atom is 0.330 e. The Hall–Kier alpha value is -2.30. The van der Waals surface area contributed by atoms with Crippen molar-refractivity contribution in [2.24, 2.45) is 0 Å². The fraction of sp³-hybridized carbons (Fsp3) is 0.417. The van der Waals surface area contributed by atoms with E-state index in [0.29, 0.717) is 10.6 Å². The normalized spacial score (nSPS) is 28.3. The highest BCUT2D eigenvalue weighted by molar-refractivity contribution is 5.85. The molecule has 9 nitrogen and oxygen atoms in total. The molecule has 0 amide bonds. The van der Waals surface area contributed by atoms with Crippen molar-refractivity contribution in [2.45, 2.75) is 24.6 Å². The number of carboxylic acids is 1. The van der Waals surface area contributed by atoms with Gasteiger partial charge in [-0.05, 0) is 6.08 Å². The van der Waals surface area contributed by atoms with Gasteiger partial charge in [-0.1, -0.05) is 0 Å². The number of hydrogen-bond donors (Lipinski definition) is 4. The van der Waals surface area contributed by atoms with Crippen LogP contribution in [0, 0.1) is 0 Å². The number of aliphatic hydroxyl groups excluding tert-OH is 2. The monoisotopic (exact) mass is 316 g/mol. The third-order valence-electron chi connectivity index (χ3n) is 3.15. The molecule has 1 aliphatic heterocycles. The molecule has 1 aliphatic rings. The van der Waals surface area contributed by atoms with E-state index in [1.807, 2.05) is 4.98 Å². The van der Waals surface area contributed by atoms with E-state index in [2.05, 4.69) is 0 Å². The smallest absolute Gasteiger partial charge is 0.330 e. The van der Waals surface area contributed by atoms with Crippen molar-refractivity contribution in [3.8, 4) is 0 Å². The van der Waals surface area contributed by atoms with Crippen molar-refractivity contribution in [1.82, 2.24) is 9.55 Å². The van der Waals surface area contributed by atoms with Crippen LogP contribution in [0.2, 0.25) is 0 Å². The predicted octanol–water partition coefficient (Wildman–Crippen LogP) is -1.78. The molecule has 1 fully saturated rings. The molecule has 1 aromatic rings. The topological polar surface area (TPSA) is 142 Å². The number of nitrogens with one attached hydrogen (secondary N) is 1. The maximum atomic E-state index is 14.0. The number of hydrogen-bond acceptors (Lipinski definition) is 6. The largest absolute Gasteiger partial charge is 0.478 e. The maximum absolute atomic E-state index is 14.0.